The van der Waals surface area contributed by atoms with E-state index in [1.807, 2.05) is 6.92 Å². The largest absolute Gasteiger partial charge is 0.393 e. The maximum Gasteiger partial charge on any atom is 0.224 e. The van der Waals surface area contributed by atoms with Crippen molar-refractivity contribution in [3.63, 3.8) is 0 Å². The molecule has 0 aliphatic carbocycles. The number of amides is 1. The molecule has 4 N–H and O–H groups in total. The number of rotatable bonds is 5. The molecule has 0 aromatic carbocycles. The summed E-state index contributed by atoms with van der Waals surface area (Å²) in [5.74, 6) is -0.202. The Morgan fingerprint density at radius 2 is 2.00 bits per heavy atom. The van der Waals surface area contributed by atoms with Gasteiger partial charge in [-0.3, -0.25) is 4.79 Å². The Kier molecular flexibility index (Phi) is 5.66. The molecule has 4 nitrogen and oxygen atoms in total. The Bertz CT molecular complexity index is 160. The van der Waals surface area contributed by atoms with Crippen LogP contribution in [0.25, 0.3) is 0 Å². The summed E-state index contributed by atoms with van der Waals surface area (Å²) in [6, 6.07) is 0.00139. The highest BCUT2D eigenvalue weighted by molar-refractivity contribution is 5.78. The van der Waals surface area contributed by atoms with Crippen molar-refractivity contribution in [2.75, 3.05) is 6.54 Å². The lowest BCUT2D eigenvalue weighted by molar-refractivity contribution is -0.124. The van der Waals surface area contributed by atoms with Gasteiger partial charge in [0.05, 0.1) is 6.10 Å². The average molecular weight is 188 g/mol. The molecule has 0 rings (SSSR count). The number of hydrogen-bond acceptors (Lipinski definition) is 3. The minimum atomic E-state index is -0.386. The molecule has 0 aromatic rings. The third kappa shape index (κ3) is 5.60. The topological polar surface area (TPSA) is 75.3 Å². The minimum absolute atomic E-state index is 0.00139. The molecule has 1 amide bonds. The molecule has 0 fully saturated rings. The van der Waals surface area contributed by atoms with Gasteiger partial charge in [0.25, 0.3) is 0 Å². The standard InChI is InChI=1S/C9H20N2O2/c1-6(5-10)9(13)11-7(2)4-8(3)12/h6-8,12H,4-5,10H2,1-3H3,(H,11,13). The molecule has 0 radical (unpaired) electrons. The van der Waals surface area contributed by atoms with Crippen LogP contribution in [0.15, 0.2) is 0 Å². The van der Waals surface area contributed by atoms with Crippen molar-refractivity contribution in [2.24, 2.45) is 11.7 Å². The fourth-order valence-electron chi connectivity index (χ4n) is 1.06. The number of nitrogens with two attached hydrogens (primary N) is 1. The highest BCUT2D eigenvalue weighted by Crippen LogP contribution is 1.99. The first-order chi connectivity index (χ1) is 5.97. The Morgan fingerprint density at radius 3 is 2.38 bits per heavy atom. The van der Waals surface area contributed by atoms with Crippen molar-refractivity contribution in [3.8, 4) is 0 Å². The van der Waals surface area contributed by atoms with E-state index in [-0.39, 0.29) is 24.0 Å². The number of aliphatic hydroxyl groups is 1. The zero-order chi connectivity index (χ0) is 10.4. The molecule has 0 aliphatic rings. The Hall–Kier alpha value is -0.610. The molecule has 0 spiro atoms. The Balaban J connectivity index is 3.77. The molecule has 0 bridgehead atoms. The zero-order valence-corrected chi connectivity index (χ0v) is 8.58. The van der Waals surface area contributed by atoms with Gasteiger partial charge in [-0.25, -0.2) is 0 Å². The number of nitrogens with one attached hydrogen (secondary N) is 1. The van der Waals surface area contributed by atoms with E-state index in [1.165, 1.54) is 0 Å². The van der Waals surface area contributed by atoms with Crippen molar-refractivity contribution >= 4 is 5.91 Å². The average Bonchev–Trinajstić information content (AvgIpc) is 2.01. The van der Waals surface area contributed by atoms with Crippen LogP contribution in [0.1, 0.15) is 27.2 Å². The van der Waals surface area contributed by atoms with Crippen molar-refractivity contribution < 1.29 is 9.90 Å². The summed E-state index contributed by atoms with van der Waals surface area (Å²) >= 11 is 0. The quantitative estimate of drug-likeness (QED) is 0.562. The van der Waals surface area contributed by atoms with E-state index in [9.17, 15) is 4.79 Å². The van der Waals surface area contributed by atoms with E-state index in [4.69, 9.17) is 10.8 Å². The molecule has 78 valence electrons. The van der Waals surface area contributed by atoms with E-state index in [0.717, 1.165) is 0 Å². The van der Waals surface area contributed by atoms with Crippen molar-refractivity contribution in [1.29, 1.82) is 0 Å². The second-order valence-electron chi connectivity index (χ2n) is 3.63. The third-order valence-electron chi connectivity index (χ3n) is 1.88. The van der Waals surface area contributed by atoms with E-state index in [0.29, 0.717) is 13.0 Å². The number of aliphatic hydroxyl groups excluding tert-OH is 1. The first-order valence-electron chi connectivity index (χ1n) is 4.65. The van der Waals surface area contributed by atoms with Gasteiger partial charge in [-0.1, -0.05) is 6.92 Å². The van der Waals surface area contributed by atoms with Gasteiger partial charge in [-0.05, 0) is 20.3 Å². The van der Waals surface area contributed by atoms with Gasteiger partial charge in [0.15, 0.2) is 0 Å². The summed E-state index contributed by atoms with van der Waals surface area (Å²) in [4.78, 5) is 11.3. The predicted octanol–water partition coefficient (Wildman–Crippen LogP) is -0.143. The minimum Gasteiger partial charge on any atom is -0.393 e. The van der Waals surface area contributed by atoms with Crippen LogP contribution in [0, 0.1) is 5.92 Å². The Labute approximate surface area is 79.5 Å². The molecule has 13 heavy (non-hydrogen) atoms. The first-order valence-corrected chi connectivity index (χ1v) is 4.65. The molecule has 0 saturated carbocycles. The van der Waals surface area contributed by atoms with Crippen LogP contribution in [-0.4, -0.2) is 29.7 Å². The smallest absolute Gasteiger partial charge is 0.224 e. The van der Waals surface area contributed by atoms with Crippen LogP contribution >= 0.6 is 0 Å². The van der Waals surface area contributed by atoms with Crippen LogP contribution in [-0.2, 0) is 4.79 Å². The molecule has 0 aliphatic heterocycles. The molecule has 0 aromatic heterocycles. The van der Waals surface area contributed by atoms with Crippen LogP contribution in [0.3, 0.4) is 0 Å². The molecule has 0 saturated heterocycles. The third-order valence-corrected chi connectivity index (χ3v) is 1.88. The fourth-order valence-corrected chi connectivity index (χ4v) is 1.06. The van der Waals surface area contributed by atoms with Crippen molar-refractivity contribution in [3.05, 3.63) is 0 Å². The van der Waals surface area contributed by atoms with Crippen LogP contribution in [0.2, 0.25) is 0 Å². The van der Waals surface area contributed by atoms with Gasteiger partial charge in [-0.2, -0.15) is 0 Å². The molecular formula is C9H20N2O2. The molecule has 0 heterocycles. The summed E-state index contributed by atoms with van der Waals surface area (Å²) in [6.45, 7) is 5.71. The highest BCUT2D eigenvalue weighted by Gasteiger charge is 2.14. The summed E-state index contributed by atoms with van der Waals surface area (Å²) in [6.07, 6.45) is 0.187. The molecule has 3 unspecified atom stereocenters. The summed E-state index contributed by atoms with van der Waals surface area (Å²) in [7, 11) is 0. The fraction of sp³-hybridized carbons (Fsp3) is 0.889. The normalized spacial score (nSPS) is 17.6. The van der Waals surface area contributed by atoms with Crippen LogP contribution < -0.4 is 11.1 Å². The molecular weight excluding hydrogens is 168 g/mol. The van der Waals surface area contributed by atoms with Gasteiger partial charge >= 0.3 is 0 Å². The zero-order valence-electron chi connectivity index (χ0n) is 8.58. The van der Waals surface area contributed by atoms with Gasteiger partial charge in [0, 0.05) is 18.5 Å². The molecule has 4 heteroatoms. The van der Waals surface area contributed by atoms with E-state index in [1.54, 1.807) is 13.8 Å². The lowest BCUT2D eigenvalue weighted by Crippen LogP contribution is -2.40. The van der Waals surface area contributed by atoms with E-state index in [2.05, 4.69) is 5.32 Å². The maximum absolute atomic E-state index is 11.3. The predicted molar refractivity (Wildman–Crippen MR) is 52.1 cm³/mol. The lowest BCUT2D eigenvalue weighted by atomic mass is 10.1. The SMILES string of the molecule is CC(O)CC(C)NC(=O)C(C)CN. The number of hydrogen-bond donors (Lipinski definition) is 3. The monoisotopic (exact) mass is 188 g/mol. The van der Waals surface area contributed by atoms with Crippen LogP contribution in [0.5, 0.6) is 0 Å². The Morgan fingerprint density at radius 1 is 1.46 bits per heavy atom. The summed E-state index contributed by atoms with van der Waals surface area (Å²) in [5.41, 5.74) is 5.34. The number of carbonyl (C=O) groups excluding carboxylic acids is 1. The summed E-state index contributed by atoms with van der Waals surface area (Å²) < 4.78 is 0. The van der Waals surface area contributed by atoms with E-state index >= 15 is 0 Å². The number of carbonyl (C=O) groups is 1. The lowest BCUT2D eigenvalue weighted by Gasteiger charge is -2.17. The van der Waals surface area contributed by atoms with Gasteiger partial charge in [0.1, 0.15) is 0 Å². The first kappa shape index (κ1) is 12.4. The van der Waals surface area contributed by atoms with Crippen LogP contribution in [0.4, 0.5) is 0 Å². The maximum atomic E-state index is 11.3. The second-order valence-corrected chi connectivity index (χ2v) is 3.63. The van der Waals surface area contributed by atoms with Crippen molar-refractivity contribution in [1.82, 2.24) is 5.32 Å². The van der Waals surface area contributed by atoms with Gasteiger partial charge in [-0.15, -0.1) is 0 Å². The summed E-state index contributed by atoms with van der Waals surface area (Å²) in [5, 5.41) is 11.8. The second kappa shape index (κ2) is 5.94. The highest BCUT2D eigenvalue weighted by atomic mass is 16.3. The van der Waals surface area contributed by atoms with E-state index < -0.39 is 0 Å². The van der Waals surface area contributed by atoms with Crippen molar-refractivity contribution in [2.45, 2.75) is 39.3 Å². The van der Waals surface area contributed by atoms with Gasteiger partial charge in [0.2, 0.25) is 5.91 Å². The van der Waals surface area contributed by atoms with Gasteiger partial charge < -0.3 is 16.2 Å². The molecule has 3 atom stereocenters.